The first-order chi connectivity index (χ1) is 14.2. The van der Waals surface area contributed by atoms with Crippen LogP contribution in [0.15, 0.2) is 71.6 Å². The number of halogens is 1. The van der Waals surface area contributed by atoms with Crippen molar-refractivity contribution in [3.05, 3.63) is 93.0 Å². The van der Waals surface area contributed by atoms with Gasteiger partial charge >= 0.3 is 0 Å². The Hall–Kier alpha value is -3.43. The fraction of sp³-hybridized carbons (Fsp3) is 0.0500. The van der Waals surface area contributed by atoms with Crippen LogP contribution in [0.5, 0.6) is 0 Å². The molecule has 0 radical (unpaired) electrons. The van der Waals surface area contributed by atoms with Crippen molar-refractivity contribution < 1.29 is 18.1 Å². The maximum Gasteiger partial charge on any atom is 0.271 e. The van der Waals surface area contributed by atoms with Crippen molar-refractivity contribution in [3.8, 4) is 0 Å². The zero-order valence-corrected chi connectivity index (χ0v) is 17.2. The molecule has 3 aromatic rings. The van der Waals surface area contributed by atoms with Crippen LogP contribution in [-0.2, 0) is 10.0 Å². The predicted molar refractivity (Wildman–Crippen MR) is 114 cm³/mol. The number of benzene rings is 3. The van der Waals surface area contributed by atoms with Crippen LogP contribution in [-0.4, -0.2) is 19.2 Å². The molecule has 3 rings (SSSR count). The highest BCUT2D eigenvalue weighted by Gasteiger charge is 2.17. The fourth-order valence-electron chi connectivity index (χ4n) is 2.59. The van der Waals surface area contributed by atoms with Crippen LogP contribution in [0.4, 0.5) is 17.1 Å². The molecule has 1 amide bonds. The lowest BCUT2D eigenvalue weighted by molar-refractivity contribution is -0.384. The topological polar surface area (TPSA) is 118 Å². The Morgan fingerprint density at radius 1 is 1.00 bits per heavy atom. The van der Waals surface area contributed by atoms with Gasteiger partial charge in [-0.3, -0.25) is 19.6 Å². The Balaban J connectivity index is 1.78. The second-order valence-corrected chi connectivity index (χ2v) is 8.46. The van der Waals surface area contributed by atoms with Crippen LogP contribution < -0.4 is 10.0 Å². The summed E-state index contributed by atoms with van der Waals surface area (Å²) in [6, 6.07) is 15.9. The highest BCUT2D eigenvalue weighted by atomic mass is 35.5. The van der Waals surface area contributed by atoms with Crippen LogP contribution in [0.2, 0.25) is 5.02 Å². The SMILES string of the molecule is Cc1ccc(S(=O)(=O)Nc2ccc(C(=O)Nc3cccc([N+](=O)[O-])c3)c(Cl)c2)cc1. The van der Waals surface area contributed by atoms with Crippen molar-refractivity contribution >= 4 is 44.6 Å². The Kier molecular flexibility index (Phi) is 6.04. The molecular formula is C20H16ClN3O5S. The van der Waals surface area contributed by atoms with E-state index in [-0.39, 0.29) is 32.5 Å². The van der Waals surface area contributed by atoms with Crippen molar-refractivity contribution in [2.75, 3.05) is 10.0 Å². The molecule has 0 aliphatic carbocycles. The van der Waals surface area contributed by atoms with Gasteiger partial charge in [0.15, 0.2) is 0 Å². The second kappa shape index (κ2) is 8.52. The summed E-state index contributed by atoms with van der Waals surface area (Å²) < 4.78 is 27.4. The van der Waals surface area contributed by atoms with Crippen LogP contribution in [0.1, 0.15) is 15.9 Å². The molecule has 10 heteroatoms. The number of rotatable bonds is 6. The van der Waals surface area contributed by atoms with E-state index in [4.69, 9.17) is 11.6 Å². The molecule has 30 heavy (non-hydrogen) atoms. The number of hydrogen-bond donors (Lipinski definition) is 2. The molecule has 0 saturated carbocycles. The monoisotopic (exact) mass is 445 g/mol. The minimum atomic E-state index is -3.81. The van der Waals surface area contributed by atoms with E-state index in [2.05, 4.69) is 10.0 Å². The zero-order chi connectivity index (χ0) is 21.9. The highest BCUT2D eigenvalue weighted by Crippen LogP contribution is 2.25. The summed E-state index contributed by atoms with van der Waals surface area (Å²) in [7, 11) is -3.81. The van der Waals surface area contributed by atoms with E-state index >= 15 is 0 Å². The van der Waals surface area contributed by atoms with Crippen LogP contribution in [0.25, 0.3) is 0 Å². The summed E-state index contributed by atoms with van der Waals surface area (Å²) in [5, 5.41) is 13.4. The molecular weight excluding hydrogens is 430 g/mol. The number of carbonyl (C=O) groups excluding carboxylic acids is 1. The number of non-ortho nitro benzene ring substituents is 1. The van der Waals surface area contributed by atoms with E-state index in [1.165, 1.54) is 54.6 Å². The molecule has 154 valence electrons. The Bertz CT molecular complexity index is 1230. The third-order valence-corrected chi connectivity index (χ3v) is 5.82. The van der Waals surface area contributed by atoms with E-state index in [9.17, 15) is 23.3 Å². The number of carbonyl (C=O) groups is 1. The first kappa shape index (κ1) is 21.3. The van der Waals surface area contributed by atoms with E-state index < -0.39 is 20.9 Å². The molecule has 3 aromatic carbocycles. The molecule has 0 aliphatic heterocycles. The van der Waals surface area contributed by atoms with E-state index in [0.29, 0.717) is 0 Å². The van der Waals surface area contributed by atoms with Crippen molar-refractivity contribution in [2.24, 2.45) is 0 Å². The summed E-state index contributed by atoms with van der Waals surface area (Å²) in [6.45, 7) is 1.85. The van der Waals surface area contributed by atoms with Crippen molar-refractivity contribution in [3.63, 3.8) is 0 Å². The van der Waals surface area contributed by atoms with Gasteiger partial charge in [0, 0.05) is 17.8 Å². The summed E-state index contributed by atoms with van der Waals surface area (Å²) in [5.74, 6) is -0.589. The maximum absolute atomic E-state index is 12.5. The first-order valence-electron chi connectivity index (χ1n) is 8.60. The van der Waals surface area contributed by atoms with Gasteiger partial charge in [-0.05, 0) is 43.3 Å². The van der Waals surface area contributed by atoms with E-state index in [1.807, 2.05) is 6.92 Å². The maximum atomic E-state index is 12.5. The lowest BCUT2D eigenvalue weighted by atomic mass is 10.2. The third-order valence-electron chi connectivity index (χ3n) is 4.11. The smallest absolute Gasteiger partial charge is 0.271 e. The number of nitro groups is 1. The number of nitrogens with one attached hydrogen (secondary N) is 2. The second-order valence-electron chi connectivity index (χ2n) is 6.37. The summed E-state index contributed by atoms with van der Waals surface area (Å²) in [5.41, 5.74) is 1.26. The van der Waals surface area contributed by atoms with Gasteiger partial charge in [-0.2, -0.15) is 0 Å². The van der Waals surface area contributed by atoms with Crippen LogP contribution in [0, 0.1) is 17.0 Å². The Morgan fingerprint density at radius 3 is 2.33 bits per heavy atom. The van der Waals surface area contributed by atoms with Crippen molar-refractivity contribution in [2.45, 2.75) is 11.8 Å². The van der Waals surface area contributed by atoms with E-state index in [0.717, 1.165) is 5.56 Å². The van der Waals surface area contributed by atoms with Gasteiger partial charge in [0.1, 0.15) is 0 Å². The lowest BCUT2D eigenvalue weighted by Gasteiger charge is -2.11. The summed E-state index contributed by atoms with van der Waals surface area (Å²) >= 11 is 6.16. The molecule has 0 unspecified atom stereocenters. The third kappa shape index (κ3) is 4.94. The molecule has 0 saturated heterocycles. The zero-order valence-electron chi connectivity index (χ0n) is 15.6. The molecule has 0 fully saturated rings. The Labute approximate surface area is 177 Å². The van der Waals surface area contributed by atoms with Crippen molar-refractivity contribution in [1.29, 1.82) is 0 Å². The van der Waals surface area contributed by atoms with Gasteiger partial charge in [0.2, 0.25) is 0 Å². The fourth-order valence-corrected chi connectivity index (χ4v) is 3.91. The number of sulfonamides is 1. The molecule has 0 heterocycles. The number of amides is 1. The van der Waals surface area contributed by atoms with Gasteiger partial charge < -0.3 is 5.32 Å². The van der Waals surface area contributed by atoms with Gasteiger partial charge in [-0.1, -0.05) is 35.4 Å². The van der Waals surface area contributed by atoms with Gasteiger partial charge in [0.25, 0.3) is 21.6 Å². The van der Waals surface area contributed by atoms with Crippen molar-refractivity contribution in [1.82, 2.24) is 0 Å². The predicted octanol–water partition coefficient (Wildman–Crippen LogP) is 4.61. The molecule has 8 nitrogen and oxygen atoms in total. The molecule has 0 bridgehead atoms. The average molecular weight is 446 g/mol. The average Bonchev–Trinajstić information content (AvgIpc) is 2.68. The minimum Gasteiger partial charge on any atom is -0.322 e. The van der Waals surface area contributed by atoms with E-state index in [1.54, 1.807) is 12.1 Å². The molecule has 2 N–H and O–H groups in total. The van der Waals surface area contributed by atoms with Gasteiger partial charge in [-0.25, -0.2) is 8.42 Å². The number of aryl methyl sites for hydroxylation is 1. The van der Waals surface area contributed by atoms with Crippen LogP contribution in [0.3, 0.4) is 0 Å². The minimum absolute atomic E-state index is 0.0158. The number of hydrogen-bond acceptors (Lipinski definition) is 5. The molecule has 0 aromatic heterocycles. The summed E-state index contributed by atoms with van der Waals surface area (Å²) in [6.07, 6.45) is 0. The molecule has 0 aliphatic rings. The van der Waals surface area contributed by atoms with Gasteiger partial charge in [-0.15, -0.1) is 0 Å². The van der Waals surface area contributed by atoms with Gasteiger partial charge in [0.05, 0.1) is 26.1 Å². The molecule has 0 spiro atoms. The number of nitrogens with zero attached hydrogens (tertiary/aromatic N) is 1. The quantitative estimate of drug-likeness (QED) is 0.424. The Morgan fingerprint density at radius 2 is 1.70 bits per heavy atom. The normalized spacial score (nSPS) is 11.0. The standard InChI is InChI=1S/C20H16ClN3O5S/c1-13-5-8-17(9-6-13)30(28,29)23-15-7-10-18(19(21)12-15)20(25)22-14-3-2-4-16(11-14)24(26)27/h2-12,23H,1H3,(H,22,25). The van der Waals surface area contributed by atoms with Crippen LogP contribution >= 0.6 is 11.6 Å². The largest absolute Gasteiger partial charge is 0.322 e. The highest BCUT2D eigenvalue weighted by molar-refractivity contribution is 7.92. The lowest BCUT2D eigenvalue weighted by Crippen LogP contribution is -2.15. The first-order valence-corrected chi connectivity index (χ1v) is 10.5. The summed E-state index contributed by atoms with van der Waals surface area (Å²) in [4.78, 5) is 22.8. The number of anilines is 2. The molecule has 0 atom stereocenters. The number of nitro benzene ring substituents is 1.